The smallest absolute Gasteiger partial charge is 0.0653 e. The molecule has 2 aromatic rings. The molecule has 1 unspecified atom stereocenters. The molecule has 0 radical (unpaired) electrons. The molecule has 2 aromatic carbocycles. The molecule has 110 valence electrons. The van der Waals surface area contributed by atoms with Gasteiger partial charge in [0.05, 0.1) is 26.8 Å². The van der Waals surface area contributed by atoms with Gasteiger partial charge in [-0.15, -0.1) is 0 Å². The summed E-state index contributed by atoms with van der Waals surface area (Å²) in [5.74, 6) is 0. The van der Waals surface area contributed by atoms with Gasteiger partial charge in [0, 0.05) is 0 Å². The van der Waals surface area contributed by atoms with E-state index < -0.39 is 0 Å². The molecule has 3 rings (SSSR count). The molecular formula is C17H16Cl3N. The minimum Gasteiger partial charge on any atom is -0.377 e. The van der Waals surface area contributed by atoms with Gasteiger partial charge in [0.2, 0.25) is 0 Å². The molecule has 1 aliphatic rings. The van der Waals surface area contributed by atoms with E-state index in [1.165, 1.54) is 24.0 Å². The quantitative estimate of drug-likeness (QED) is 0.484. The number of nitrogens with one attached hydrogen (secondary N) is 1. The van der Waals surface area contributed by atoms with Crippen LogP contribution >= 0.6 is 34.8 Å². The van der Waals surface area contributed by atoms with Crippen molar-refractivity contribution in [2.45, 2.75) is 31.7 Å². The number of aryl methyl sites for hydroxylation is 1. The molecular weight excluding hydrogens is 325 g/mol. The van der Waals surface area contributed by atoms with E-state index in [0.717, 1.165) is 18.5 Å². The molecule has 1 N–H and O–H groups in total. The zero-order valence-corrected chi connectivity index (χ0v) is 13.8. The second-order valence-electron chi connectivity index (χ2n) is 5.39. The van der Waals surface area contributed by atoms with Crippen molar-refractivity contribution >= 4 is 40.5 Å². The molecule has 4 heteroatoms. The second-order valence-corrected chi connectivity index (χ2v) is 6.61. The molecule has 0 spiro atoms. The van der Waals surface area contributed by atoms with Crippen molar-refractivity contribution in [1.82, 2.24) is 0 Å². The number of fused-ring (bicyclic) bond motifs is 1. The highest BCUT2D eigenvalue weighted by molar-refractivity contribution is 6.44. The van der Waals surface area contributed by atoms with Gasteiger partial charge >= 0.3 is 0 Å². The van der Waals surface area contributed by atoms with Gasteiger partial charge < -0.3 is 5.32 Å². The molecule has 0 fully saturated rings. The highest BCUT2D eigenvalue weighted by Gasteiger charge is 2.19. The Hall–Kier alpha value is -0.890. The Morgan fingerprint density at radius 2 is 1.67 bits per heavy atom. The zero-order chi connectivity index (χ0) is 14.8. The Bertz CT molecular complexity index is 654. The Morgan fingerprint density at radius 3 is 2.52 bits per heavy atom. The first-order valence-corrected chi connectivity index (χ1v) is 8.27. The van der Waals surface area contributed by atoms with E-state index in [1.54, 1.807) is 12.1 Å². The van der Waals surface area contributed by atoms with Gasteiger partial charge in [0.25, 0.3) is 0 Å². The summed E-state index contributed by atoms with van der Waals surface area (Å²) in [5.41, 5.74) is 3.62. The second kappa shape index (κ2) is 6.48. The normalized spacial score (nSPS) is 18.0. The average molecular weight is 341 g/mol. The van der Waals surface area contributed by atoms with Gasteiger partial charge in [-0.3, -0.25) is 0 Å². The summed E-state index contributed by atoms with van der Waals surface area (Å²) in [6.45, 7) is 0. The van der Waals surface area contributed by atoms with Crippen LogP contribution in [0.15, 0.2) is 36.4 Å². The predicted molar refractivity (Wildman–Crippen MR) is 91.8 cm³/mol. The number of anilines is 1. The van der Waals surface area contributed by atoms with Gasteiger partial charge in [-0.2, -0.15) is 0 Å². The molecule has 1 aliphatic carbocycles. The summed E-state index contributed by atoms with van der Waals surface area (Å²) >= 11 is 18.4. The van der Waals surface area contributed by atoms with Crippen molar-refractivity contribution in [2.24, 2.45) is 0 Å². The van der Waals surface area contributed by atoms with E-state index in [2.05, 4.69) is 29.6 Å². The van der Waals surface area contributed by atoms with Crippen molar-refractivity contribution in [2.75, 3.05) is 5.32 Å². The zero-order valence-electron chi connectivity index (χ0n) is 11.5. The van der Waals surface area contributed by atoms with Gasteiger partial charge in [-0.25, -0.2) is 0 Å². The van der Waals surface area contributed by atoms with Crippen LogP contribution in [0.2, 0.25) is 15.1 Å². The monoisotopic (exact) mass is 339 g/mol. The number of hydrogen-bond donors (Lipinski definition) is 1. The summed E-state index contributed by atoms with van der Waals surface area (Å²) in [6.07, 6.45) is 4.66. The molecule has 1 atom stereocenters. The van der Waals surface area contributed by atoms with Crippen LogP contribution in [0.1, 0.15) is 36.4 Å². The fourth-order valence-corrected chi connectivity index (χ4v) is 3.49. The average Bonchev–Trinajstić information content (AvgIpc) is 2.67. The summed E-state index contributed by atoms with van der Waals surface area (Å²) in [6, 6.07) is 12.4. The first-order valence-electron chi connectivity index (χ1n) is 7.14. The van der Waals surface area contributed by atoms with Crippen LogP contribution in [0.5, 0.6) is 0 Å². The molecule has 0 aliphatic heterocycles. The molecule has 0 saturated heterocycles. The van der Waals surface area contributed by atoms with E-state index in [1.807, 2.05) is 0 Å². The fraction of sp³-hybridized carbons (Fsp3) is 0.294. The van der Waals surface area contributed by atoms with E-state index in [-0.39, 0.29) is 6.04 Å². The number of rotatable bonds is 2. The largest absolute Gasteiger partial charge is 0.377 e. The SMILES string of the molecule is Clc1cc(Cl)c(NC2CCCCc3ccccc32)cc1Cl. The maximum atomic E-state index is 6.28. The molecule has 0 aromatic heterocycles. The Kier molecular flexibility index (Phi) is 4.63. The third kappa shape index (κ3) is 3.31. The lowest BCUT2D eigenvalue weighted by Crippen LogP contribution is -2.11. The van der Waals surface area contributed by atoms with Crippen molar-refractivity contribution in [3.8, 4) is 0 Å². The van der Waals surface area contributed by atoms with Gasteiger partial charge in [-0.05, 0) is 42.5 Å². The van der Waals surface area contributed by atoms with Crippen molar-refractivity contribution in [1.29, 1.82) is 0 Å². The highest BCUT2D eigenvalue weighted by atomic mass is 35.5. The van der Waals surface area contributed by atoms with Crippen LogP contribution in [-0.4, -0.2) is 0 Å². The van der Waals surface area contributed by atoms with Gasteiger partial charge in [0.1, 0.15) is 0 Å². The van der Waals surface area contributed by atoms with Gasteiger partial charge in [0.15, 0.2) is 0 Å². The summed E-state index contributed by atoms with van der Waals surface area (Å²) in [7, 11) is 0. The lowest BCUT2D eigenvalue weighted by molar-refractivity contribution is 0.644. The topological polar surface area (TPSA) is 12.0 Å². The first kappa shape index (κ1) is 15.0. The van der Waals surface area contributed by atoms with Crippen LogP contribution in [-0.2, 0) is 6.42 Å². The maximum Gasteiger partial charge on any atom is 0.0653 e. The lowest BCUT2D eigenvalue weighted by atomic mass is 9.99. The van der Waals surface area contributed by atoms with Crippen molar-refractivity contribution < 1.29 is 0 Å². The van der Waals surface area contributed by atoms with E-state index in [9.17, 15) is 0 Å². The molecule has 0 amide bonds. The minimum atomic E-state index is 0.262. The van der Waals surface area contributed by atoms with Crippen molar-refractivity contribution in [3.05, 3.63) is 62.6 Å². The highest BCUT2D eigenvalue weighted by Crippen LogP contribution is 2.37. The number of benzene rings is 2. The third-order valence-corrected chi connectivity index (χ3v) is 4.99. The summed E-state index contributed by atoms with van der Waals surface area (Å²) in [4.78, 5) is 0. The summed E-state index contributed by atoms with van der Waals surface area (Å²) < 4.78 is 0. The third-order valence-electron chi connectivity index (χ3n) is 3.96. The molecule has 0 bridgehead atoms. The standard InChI is InChI=1S/C17H16Cl3N/c18-13-9-15(20)17(10-14(13)19)21-16-8-4-2-6-11-5-1-3-7-12(11)16/h1,3,5,7,9-10,16,21H,2,4,6,8H2. The first-order chi connectivity index (χ1) is 10.1. The van der Waals surface area contributed by atoms with Gasteiger partial charge in [-0.1, -0.05) is 65.5 Å². The predicted octanol–water partition coefficient (Wildman–Crippen LogP) is 6.53. The molecule has 1 nitrogen and oxygen atoms in total. The number of halogens is 3. The van der Waals surface area contributed by atoms with E-state index in [0.29, 0.717) is 15.1 Å². The lowest BCUT2D eigenvalue weighted by Gasteiger charge is -2.21. The summed E-state index contributed by atoms with van der Waals surface area (Å²) in [5, 5.41) is 5.14. The Labute approximate surface area is 140 Å². The van der Waals surface area contributed by atoms with Crippen LogP contribution in [0, 0.1) is 0 Å². The van der Waals surface area contributed by atoms with Crippen molar-refractivity contribution in [3.63, 3.8) is 0 Å². The maximum absolute atomic E-state index is 6.28. The van der Waals surface area contributed by atoms with Crippen LogP contribution in [0.4, 0.5) is 5.69 Å². The molecule has 21 heavy (non-hydrogen) atoms. The van der Waals surface area contributed by atoms with Crippen LogP contribution in [0.25, 0.3) is 0 Å². The Balaban J connectivity index is 1.93. The fourth-order valence-electron chi connectivity index (χ4n) is 2.89. The van der Waals surface area contributed by atoms with Crippen LogP contribution in [0.3, 0.4) is 0 Å². The van der Waals surface area contributed by atoms with Crippen LogP contribution < -0.4 is 5.32 Å². The van der Waals surface area contributed by atoms with E-state index in [4.69, 9.17) is 34.8 Å². The molecule has 0 saturated carbocycles. The van der Waals surface area contributed by atoms with E-state index >= 15 is 0 Å². The number of hydrogen-bond acceptors (Lipinski definition) is 1. The molecule has 0 heterocycles. The Morgan fingerprint density at radius 1 is 0.905 bits per heavy atom. The minimum absolute atomic E-state index is 0.262.